The highest BCUT2D eigenvalue weighted by molar-refractivity contribution is 7.23. The fourth-order valence-corrected chi connectivity index (χ4v) is 9.22. The van der Waals surface area contributed by atoms with Crippen molar-refractivity contribution in [3.8, 4) is 28.0 Å². The molecule has 6 aromatic rings. The smallest absolute Gasteiger partial charge is 0.257 e. The lowest BCUT2D eigenvalue weighted by molar-refractivity contribution is 0.0776. The Morgan fingerprint density at radius 1 is 1.10 bits per heavy atom. The number of nitrogens with one attached hydrogen (secondary N) is 1. The summed E-state index contributed by atoms with van der Waals surface area (Å²) in [6.45, 7) is 2.38. The van der Waals surface area contributed by atoms with Gasteiger partial charge >= 0.3 is 0 Å². The van der Waals surface area contributed by atoms with E-state index < -0.39 is 5.82 Å². The summed E-state index contributed by atoms with van der Waals surface area (Å²) in [7, 11) is 0. The monoisotopic (exact) mass is 719 g/mol. The molecule has 1 fully saturated rings. The van der Waals surface area contributed by atoms with Crippen molar-refractivity contribution in [2.45, 2.75) is 57.5 Å². The second-order valence-electron chi connectivity index (χ2n) is 13.1. The molecule has 3 aliphatic rings. The zero-order valence-corrected chi connectivity index (χ0v) is 28.8. The average molecular weight is 720 g/mol. The summed E-state index contributed by atoms with van der Waals surface area (Å²) < 4.78 is 35.8. The van der Waals surface area contributed by atoms with E-state index in [-0.39, 0.29) is 40.3 Å². The molecule has 0 bridgehead atoms. The molecule has 0 saturated carbocycles. The molecule has 9 rings (SSSR count). The SMILES string of the molecule is Cc1nnc(-c2c(CCc3ccc(F)cc3)nc3c(c2-c2cc4ccnc(NC5CCc6c5cc(Cl)c(C#N)c6F)c4s2)C(=O)N2CCC[C@@H]32)o1. The van der Waals surface area contributed by atoms with Crippen molar-refractivity contribution in [3.05, 3.63) is 110 Å². The van der Waals surface area contributed by atoms with Crippen molar-refractivity contribution >= 4 is 44.7 Å². The fourth-order valence-electron chi connectivity index (χ4n) is 7.81. The molecule has 2 aromatic carbocycles. The number of aryl methyl sites for hydroxylation is 3. The van der Waals surface area contributed by atoms with E-state index in [1.165, 1.54) is 23.5 Å². The lowest BCUT2D eigenvalue weighted by atomic mass is 9.93. The molecule has 1 N–H and O–H groups in total. The van der Waals surface area contributed by atoms with Gasteiger partial charge in [0.25, 0.3) is 5.91 Å². The van der Waals surface area contributed by atoms with Crippen LogP contribution in [0.5, 0.6) is 0 Å². The number of nitrogens with zero attached hydrogens (tertiary/aromatic N) is 6. The highest BCUT2D eigenvalue weighted by Crippen LogP contribution is 2.51. The minimum atomic E-state index is -0.565. The number of benzene rings is 2. The molecule has 4 aromatic heterocycles. The lowest BCUT2D eigenvalue weighted by Crippen LogP contribution is -2.22. The normalized spacial score (nSPS) is 17.5. The Hall–Kier alpha value is -5.25. The van der Waals surface area contributed by atoms with Crippen molar-refractivity contribution < 1.29 is 18.0 Å². The molecule has 0 radical (unpaired) electrons. The van der Waals surface area contributed by atoms with Crippen LogP contribution in [0.25, 0.3) is 32.0 Å². The number of aromatic nitrogens is 4. The highest BCUT2D eigenvalue weighted by atomic mass is 35.5. The van der Waals surface area contributed by atoms with Crippen molar-refractivity contribution in [2.24, 2.45) is 0 Å². The van der Waals surface area contributed by atoms with Crippen molar-refractivity contribution in [3.63, 3.8) is 0 Å². The predicted octanol–water partition coefficient (Wildman–Crippen LogP) is 8.70. The Morgan fingerprint density at radius 2 is 1.94 bits per heavy atom. The molecule has 1 amide bonds. The van der Waals surface area contributed by atoms with Gasteiger partial charge in [-0.2, -0.15) is 5.26 Å². The van der Waals surface area contributed by atoms with E-state index in [0.29, 0.717) is 71.8 Å². The first-order chi connectivity index (χ1) is 24.8. The van der Waals surface area contributed by atoms with Crippen LogP contribution in [0.15, 0.2) is 53.1 Å². The summed E-state index contributed by atoms with van der Waals surface area (Å²) in [6, 6.07) is 13.6. The van der Waals surface area contributed by atoms with Gasteiger partial charge in [0, 0.05) is 30.1 Å². The van der Waals surface area contributed by atoms with E-state index in [1.807, 2.05) is 23.1 Å². The molecule has 13 heteroatoms. The van der Waals surface area contributed by atoms with Crippen LogP contribution >= 0.6 is 22.9 Å². The number of hydrogen-bond acceptors (Lipinski definition) is 9. The topological polar surface area (TPSA) is 121 Å². The van der Waals surface area contributed by atoms with Gasteiger partial charge in [-0.3, -0.25) is 9.78 Å². The van der Waals surface area contributed by atoms with E-state index in [4.69, 9.17) is 26.0 Å². The second kappa shape index (κ2) is 12.2. The van der Waals surface area contributed by atoms with Gasteiger partial charge in [0.2, 0.25) is 11.8 Å². The van der Waals surface area contributed by atoms with Crippen LogP contribution in [-0.4, -0.2) is 37.5 Å². The van der Waals surface area contributed by atoms with Gasteiger partial charge in [-0.25, -0.2) is 13.8 Å². The second-order valence-corrected chi connectivity index (χ2v) is 14.6. The molecule has 254 valence electrons. The third-order valence-corrected chi connectivity index (χ3v) is 11.6. The van der Waals surface area contributed by atoms with E-state index in [1.54, 1.807) is 31.3 Å². The number of thiophene rings is 1. The molecular weight excluding hydrogens is 692 g/mol. The number of halogens is 3. The Bertz CT molecular complexity index is 2460. The first-order valence-electron chi connectivity index (χ1n) is 16.8. The van der Waals surface area contributed by atoms with Gasteiger partial charge in [-0.05, 0) is 90.9 Å². The maximum atomic E-state index is 15.2. The molecular formula is C38H28ClF2N7O2S. The van der Waals surface area contributed by atoms with E-state index >= 15 is 4.39 Å². The fraction of sp³-hybridized carbons (Fsp3) is 0.263. The number of carbonyl (C=O) groups excluding carboxylic acids is 1. The maximum absolute atomic E-state index is 15.2. The van der Waals surface area contributed by atoms with E-state index in [2.05, 4.69) is 15.5 Å². The van der Waals surface area contributed by atoms with Gasteiger partial charge in [-0.15, -0.1) is 21.5 Å². The number of carbonyl (C=O) groups is 1. The minimum absolute atomic E-state index is 0.0651. The van der Waals surface area contributed by atoms with Gasteiger partial charge < -0.3 is 14.6 Å². The molecule has 51 heavy (non-hydrogen) atoms. The molecule has 9 nitrogen and oxygen atoms in total. The predicted molar refractivity (Wildman–Crippen MR) is 189 cm³/mol. The van der Waals surface area contributed by atoms with Gasteiger partial charge in [0.05, 0.1) is 44.3 Å². The lowest BCUT2D eigenvalue weighted by Gasteiger charge is -2.16. The molecule has 2 aliphatic heterocycles. The van der Waals surface area contributed by atoms with Crippen LogP contribution < -0.4 is 5.32 Å². The summed E-state index contributed by atoms with van der Waals surface area (Å²) in [6.07, 6.45) is 5.61. The van der Waals surface area contributed by atoms with Gasteiger partial charge in [0.15, 0.2) is 0 Å². The highest BCUT2D eigenvalue weighted by Gasteiger charge is 2.45. The average Bonchev–Trinajstić information content (AvgIpc) is 3.96. The van der Waals surface area contributed by atoms with Crippen molar-refractivity contribution in [1.29, 1.82) is 5.26 Å². The van der Waals surface area contributed by atoms with E-state index in [0.717, 1.165) is 44.8 Å². The van der Waals surface area contributed by atoms with Crippen LogP contribution in [0.2, 0.25) is 5.02 Å². The summed E-state index contributed by atoms with van der Waals surface area (Å²) in [5.74, 6) is 0.350. The summed E-state index contributed by atoms with van der Waals surface area (Å²) in [5, 5.41) is 22.5. The molecule has 1 unspecified atom stereocenters. The third kappa shape index (κ3) is 5.17. The minimum Gasteiger partial charge on any atom is -0.421 e. The maximum Gasteiger partial charge on any atom is 0.257 e. The van der Waals surface area contributed by atoms with Crippen LogP contribution in [0.4, 0.5) is 14.6 Å². The summed E-state index contributed by atoms with van der Waals surface area (Å²) in [5.41, 5.74) is 5.37. The number of rotatable bonds is 7. The largest absolute Gasteiger partial charge is 0.421 e. The van der Waals surface area contributed by atoms with Crippen molar-refractivity contribution in [1.82, 2.24) is 25.1 Å². The molecule has 6 heterocycles. The van der Waals surface area contributed by atoms with E-state index in [9.17, 15) is 14.4 Å². The molecule has 2 atom stereocenters. The number of anilines is 1. The van der Waals surface area contributed by atoms with Crippen molar-refractivity contribution in [2.75, 3.05) is 11.9 Å². The summed E-state index contributed by atoms with van der Waals surface area (Å²) in [4.78, 5) is 26.8. The van der Waals surface area contributed by atoms with Gasteiger partial charge in [-0.1, -0.05) is 23.7 Å². The zero-order chi connectivity index (χ0) is 35.0. The van der Waals surface area contributed by atoms with Crippen LogP contribution in [0.1, 0.15) is 81.2 Å². The van der Waals surface area contributed by atoms with Gasteiger partial charge in [0.1, 0.15) is 29.1 Å². The number of hydrogen-bond donors (Lipinski definition) is 1. The quantitative estimate of drug-likeness (QED) is 0.174. The van der Waals surface area contributed by atoms with Crippen LogP contribution in [-0.2, 0) is 19.3 Å². The Balaban J connectivity index is 1.19. The third-order valence-electron chi connectivity index (χ3n) is 10.2. The zero-order valence-electron chi connectivity index (χ0n) is 27.3. The number of pyridine rings is 2. The molecule has 1 saturated heterocycles. The number of nitriles is 1. The number of amides is 1. The number of fused-ring (bicyclic) bond motifs is 5. The standard InChI is InChI=1S/C38H28ClF2N7O2S/c1-18-46-47-37(50-18)30-27(10-6-19-4-7-21(40)8-5-19)44-34-28-3-2-14-48(28)38(49)32(34)31(30)29-15-20-12-13-43-36(35(20)51-29)45-26-11-9-22-23(26)16-25(39)24(17-42)33(22)41/h4-5,7-8,12-13,15-16,26,28H,2-3,6,9-11,14H2,1H3,(H,43,45)/t26?,28-/m0/s1. The Morgan fingerprint density at radius 3 is 2.73 bits per heavy atom. The van der Waals surface area contributed by atoms with Crippen LogP contribution in [0, 0.1) is 29.9 Å². The van der Waals surface area contributed by atoms with Crippen LogP contribution in [0.3, 0.4) is 0 Å². The summed E-state index contributed by atoms with van der Waals surface area (Å²) >= 11 is 7.80. The molecule has 0 spiro atoms. The first kappa shape index (κ1) is 31.7. The first-order valence-corrected chi connectivity index (χ1v) is 18.0. The Kier molecular flexibility index (Phi) is 7.59. The Labute approximate surface area is 299 Å². The molecule has 1 aliphatic carbocycles.